The smallest absolute Gasteiger partial charge is 0.309 e. The van der Waals surface area contributed by atoms with Crippen molar-refractivity contribution in [3.05, 3.63) is 48.0 Å². The molecule has 0 aliphatic carbocycles. The number of benzene rings is 2. The first-order chi connectivity index (χ1) is 12.7. The molecule has 1 aliphatic heterocycles. The molecule has 26 heavy (non-hydrogen) atoms. The highest BCUT2D eigenvalue weighted by molar-refractivity contribution is 5.83. The van der Waals surface area contributed by atoms with Crippen LogP contribution in [0.2, 0.25) is 0 Å². The summed E-state index contributed by atoms with van der Waals surface area (Å²) in [7, 11) is 0. The summed E-state index contributed by atoms with van der Waals surface area (Å²) in [6, 6.07) is 14.8. The molecule has 0 saturated carbocycles. The van der Waals surface area contributed by atoms with Gasteiger partial charge in [-0.1, -0.05) is 42.5 Å². The number of ether oxygens (including phenoxy) is 1. The molecule has 1 saturated heterocycles. The van der Waals surface area contributed by atoms with Crippen molar-refractivity contribution in [1.82, 2.24) is 4.90 Å². The molecule has 2 aromatic rings. The second-order valence-electron chi connectivity index (χ2n) is 6.94. The van der Waals surface area contributed by atoms with Crippen molar-refractivity contribution in [2.75, 3.05) is 19.7 Å². The molecule has 0 N–H and O–H groups in total. The number of aryl methyl sites for hydroxylation is 1. The Labute approximate surface area is 155 Å². The molecule has 0 radical (unpaired) electrons. The zero-order chi connectivity index (χ0) is 18.4. The topological polar surface area (TPSA) is 46.6 Å². The van der Waals surface area contributed by atoms with Gasteiger partial charge in [-0.3, -0.25) is 9.59 Å². The Balaban J connectivity index is 1.43. The summed E-state index contributed by atoms with van der Waals surface area (Å²) in [6.45, 7) is 3.58. The molecule has 0 bridgehead atoms. The summed E-state index contributed by atoms with van der Waals surface area (Å²) in [5.74, 6) is 0.0422. The van der Waals surface area contributed by atoms with Crippen LogP contribution in [0.1, 0.15) is 38.2 Å². The Morgan fingerprint density at radius 2 is 1.81 bits per heavy atom. The van der Waals surface area contributed by atoms with Crippen LogP contribution in [-0.4, -0.2) is 36.5 Å². The van der Waals surface area contributed by atoms with Crippen LogP contribution in [0.3, 0.4) is 0 Å². The third-order valence-corrected chi connectivity index (χ3v) is 5.14. The molecule has 0 aromatic heterocycles. The van der Waals surface area contributed by atoms with E-state index < -0.39 is 0 Å². The van der Waals surface area contributed by atoms with Gasteiger partial charge in [-0.2, -0.15) is 0 Å². The number of nitrogens with zero attached hydrogens (tertiary/aromatic N) is 1. The van der Waals surface area contributed by atoms with Crippen LogP contribution in [0.4, 0.5) is 0 Å². The minimum absolute atomic E-state index is 0.0448. The monoisotopic (exact) mass is 353 g/mol. The van der Waals surface area contributed by atoms with Gasteiger partial charge in [-0.05, 0) is 48.9 Å². The number of hydrogen-bond acceptors (Lipinski definition) is 3. The number of amides is 1. The minimum atomic E-state index is -0.115. The van der Waals surface area contributed by atoms with Crippen LogP contribution in [0.25, 0.3) is 10.8 Å². The number of piperidine rings is 1. The Morgan fingerprint density at radius 1 is 1.08 bits per heavy atom. The molecule has 4 nitrogen and oxygen atoms in total. The number of carbonyl (C=O) groups excluding carboxylic acids is 2. The number of fused-ring (bicyclic) bond motifs is 1. The highest BCUT2D eigenvalue weighted by atomic mass is 16.5. The fraction of sp³-hybridized carbons (Fsp3) is 0.455. The Bertz CT molecular complexity index is 763. The number of hydrogen-bond donors (Lipinski definition) is 0. The Hall–Kier alpha value is -2.36. The van der Waals surface area contributed by atoms with Crippen molar-refractivity contribution >= 4 is 22.6 Å². The molecule has 1 aliphatic rings. The lowest BCUT2D eigenvalue weighted by atomic mass is 9.96. The highest BCUT2D eigenvalue weighted by Gasteiger charge is 2.27. The van der Waals surface area contributed by atoms with E-state index in [9.17, 15) is 9.59 Å². The molecule has 1 heterocycles. The molecule has 0 spiro atoms. The van der Waals surface area contributed by atoms with Gasteiger partial charge in [0, 0.05) is 19.5 Å². The van der Waals surface area contributed by atoms with Crippen LogP contribution >= 0.6 is 0 Å². The Morgan fingerprint density at radius 3 is 2.54 bits per heavy atom. The van der Waals surface area contributed by atoms with Gasteiger partial charge >= 0.3 is 5.97 Å². The van der Waals surface area contributed by atoms with Crippen LogP contribution in [0.15, 0.2) is 42.5 Å². The predicted octanol–water partition coefficient (Wildman–Crippen LogP) is 3.96. The van der Waals surface area contributed by atoms with E-state index in [1.54, 1.807) is 0 Å². The van der Waals surface area contributed by atoms with Crippen LogP contribution < -0.4 is 0 Å². The van der Waals surface area contributed by atoms with Gasteiger partial charge < -0.3 is 9.64 Å². The molecule has 2 aromatic carbocycles. The lowest BCUT2D eigenvalue weighted by molar-refractivity contribution is -0.151. The zero-order valence-electron chi connectivity index (χ0n) is 15.4. The summed E-state index contributed by atoms with van der Waals surface area (Å²) < 4.78 is 5.08. The first-order valence-electron chi connectivity index (χ1n) is 9.59. The van der Waals surface area contributed by atoms with Gasteiger partial charge in [-0.25, -0.2) is 0 Å². The van der Waals surface area contributed by atoms with Crippen molar-refractivity contribution < 1.29 is 14.3 Å². The average molecular weight is 353 g/mol. The SMILES string of the molecule is CCOC(=O)C1CCN(C(=O)CCCc2ccc3ccccc3c2)CC1. The van der Waals surface area contributed by atoms with Crippen LogP contribution in [-0.2, 0) is 20.7 Å². The molecule has 4 heteroatoms. The Kier molecular flexibility index (Phi) is 6.26. The predicted molar refractivity (Wildman–Crippen MR) is 103 cm³/mol. The summed E-state index contributed by atoms with van der Waals surface area (Å²) in [5.41, 5.74) is 1.28. The quantitative estimate of drug-likeness (QED) is 0.739. The number of likely N-dealkylation sites (tertiary alicyclic amines) is 1. The molecule has 1 fully saturated rings. The van der Waals surface area contributed by atoms with Gasteiger partial charge in [-0.15, -0.1) is 0 Å². The average Bonchev–Trinajstić information content (AvgIpc) is 2.68. The van der Waals surface area contributed by atoms with E-state index in [2.05, 4.69) is 36.4 Å². The third kappa shape index (κ3) is 4.63. The normalized spacial score (nSPS) is 15.2. The maximum atomic E-state index is 12.4. The molecule has 0 unspecified atom stereocenters. The largest absolute Gasteiger partial charge is 0.466 e. The number of carbonyl (C=O) groups is 2. The van der Waals surface area contributed by atoms with Crippen molar-refractivity contribution in [3.63, 3.8) is 0 Å². The van der Waals surface area contributed by atoms with E-state index in [0.29, 0.717) is 26.1 Å². The first-order valence-corrected chi connectivity index (χ1v) is 9.59. The van der Waals surface area contributed by atoms with Crippen molar-refractivity contribution in [2.45, 2.75) is 39.0 Å². The summed E-state index contributed by atoms with van der Waals surface area (Å²) in [4.78, 5) is 26.1. The summed E-state index contributed by atoms with van der Waals surface area (Å²) in [5, 5.41) is 2.49. The molecular weight excluding hydrogens is 326 g/mol. The minimum Gasteiger partial charge on any atom is -0.466 e. The fourth-order valence-electron chi connectivity index (χ4n) is 3.62. The standard InChI is InChI=1S/C22H27NO3/c1-2-26-22(25)19-12-14-23(15-13-19)21(24)9-5-6-17-10-11-18-7-3-4-8-20(18)16-17/h3-4,7-8,10-11,16,19H,2,5-6,9,12-15H2,1H3. The van der Waals surface area contributed by atoms with E-state index in [1.165, 1.54) is 16.3 Å². The van der Waals surface area contributed by atoms with Crippen molar-refractivity contribution in [3.8, 4) is 0 Å². The molecule has 138 valence electrons. The third-order valence-electron chi connectivity index (χ3n) is 5.14. The lowest BCUT2D eigenvalue weighted by Gasteiger charge is -2.31. The number of esters is 1. The van der Waals surface area contributed by atoms with E-state index in [0.717, 1.165) is 25.7 Å². The maximum Gasteiger partial charge on any atom is 0.309 e. The fourth-order valence-corrected chi connectivity index (χ4v) is 3.62. The van der Waals surface area contributed by atoms with Gasteiger partial charge in [0.25, 0.3) is 0 Å². The van der Waals surface area contributed by atoms with E-state index in [-0.39, 0.29) is 17.8 Å². The second-order valence-corrected chi connectivity index (χ2v) is 6.94. The lowest BCUT2D eigenvalue weighted by Crippen LogP contribution is -2.40. The first kappa shape index (κ1) is 18.4. The highest BCUT2D eigenvalue weighted by Crippen LogP contribution is 2.20. The van der Waals surface area contributed by atoms with Gasteiger partial charge in [0.2, 0.25) is 5.91 Å². The molecule has 1 amide bonds. The van der Waals surface area contributed by atoms with Gasteiger partial charge in [0.1, 0.15) is 0 Å². The van der Waals surface area contributed by atoms with Gasteiger partial charge in [0.15, 0.2) is 0 Å². The zero-order valence-corrected chi connectivity index (χ0v) is 15.4. The van der Waals surface area contributed by atoms with Crippen LogP contribution in [0, 0.1) is 5.92 Å². The van der Waals surface area contributed by atoms with E-state index in [1.807, 2.05) is 17.9 Å². The van der Waals surface area contributed by atoms with E-state index in [4.69, 9.17) is 4.74 Å². The van der Waals surface area contributed by atoms with Gasteiger partial charge in [0.05, 0.1) is 12.5 Å². The van der Waals surface area contributed by atoms with Crippen molar-refractivity contribution in [1.29, 1.82) is 0 Å². The number of rotatable bonds is 6. The second kappa shape index (κ2) is 8.84. The van der Waals surface area contributed by atoms with Crippen molar-refractivity contribution in [2.24, 2.45) is 5.92 Å². The molecule has 0 atom stereocenters. The summed E-state index contributed by atoms with van der Waals surface area (Å²) >= 11 is 0. The maximum absolute atomic E-state index is 12.4. The van der Waals surface area contributed by atoms with E-state index >= 15 is 0 Å². The molecular formula is C22H27NO3. The summed E-state index contributed by atoms with van der Waals surface area (Å²) in [6.07, 6.45) is 3.77. The van der Waals surface area contributed by atoms with Crippen LogP contribution in [0.5, 0.6) is 0 Å². The molecule has 3 rings (SSSR count).